The third-order valence-electron chi connectivity index (χ3n) is 1.51. The average molecular weight is 171 g/mol. The van der Waals surface area contributed by atoms with Crippen molar-refractivity contribution in [2.75, 3.05) is 13.1 Å². The second kappa shape index (κ2) is 5.33. The Bertz CT molecular complexity index is 146. The van der Waals surface area contributed by atoms with Crippen molar-refractivity contribution in [3.63, 3.8) is 0 Å². The van der Waals surface area contributed by atoms with Crippen LogP contribution < -0.4 is 5.32 Å². The Labute approximate surface area is 75.7 Å². The highest BCUT2D eigenvalue weighted by Crippen LogP contribution is 2.06. The van der Waals surface area contributed by atoms with Crippen LogP contribution in [0.25, 0.3) is 0 Å². The van der Waals surface area contributed by atoms with Gasteiger partial charge >= 0.3 is 0 Å². The quantitative estimate of drug-likeness (QED) is 0.487. The number of hydrogen-bond donors (Lipinski definition) is 2. The number of hydrogen-bond acceptors (Lipinski definition) is 2. The van der Waals surface area contributed by atoms with E-state index in [-0.39, 0.29) is 0 Å². The van der Waals surface area contributed by atoms with Crippen molar-refractivity contribution in [3.05, 3.63) is 11.6 Å². The van der Waals surface area contributed by atoms with Crippen LogP contribution in [0.1, 0.15) is 34.1 Å². The first kappa shape index (κ1) is 11.7. The molecule has 0 rings (SSSR count). The fraction of sp³-hybridized carbons (Fsp3) is 0.800. The van der Waals surface area contributed by atoms with E-state index in [1.54, 1.807) is 0 Å². The monoisotopic (exact) mass is 171 g/mol. The van der Waals surface area contributed by atoms with Gasteiger partial charge in [0.25, 0.3) is 0 Å². The van der Waals surface area contributed by atoms with Crippen LogP contribution in [-0.2, 0) is 0 Å². The number of aliphatic hydroxyl groups is 1. The van der Waals surface area contributed by atoms with Crippen molar-refractivity contribution >= 4 is 0 Å². The molecule has 0 aromatic rings. The zero-order valence-electron chi connectivity index (χ0n) is 8.65. The van der Waals surface area contributed by atoms with Gasteiger partial charge in [-0.05, 0) is 33.7 Å². The second-order valence-corrected chi connectivity index (χ2v) is 3.76. The van der Waals surface area contributed by atoms with Crippen LogP contribution in [0.2, 0.25) is 0 Å². The van der Waals surface area contributed by atoms with E-state index in [0.717, 1.165) is 18.5 Å². The summed E-state index contributed by atoms with van der Waals surface area (Å²) in [6, 6.07) is 0. The molecular formula is C10H21NO. The van der Waals surface area contributed by atoms with Gasteiger partial charge < -0.3 is 10.4 Å². The van der Waals surface area contributed by atoms with Gasteiger partial charge in [0.1, 0.15) is 0 Å². The third kappa shape index (κ3) is 6.38. The fourth-order valence-corrected chi connectivity index (χ4v) is 1.19. The van der Waals surface area contributed by atoms with Crippen LogP contribution in [-0.4, -0.2) is 23.8 Å². The second-order valence-electron chi connectivity index (χ2n) is 3.76. The SMILES string of the molecule is CCCNCC(C)(O)C=C(C)C. The minimum atomic E-state index is -0.700. The van der Waals surface area contributed by atoms with E-state index in [1.165, 1.54) is 0 Å². The summed E-state index contributed by atoms with van der Waals surface area (Å²) in [7, 11) is 0. The normalized spacial score (nSPS) is 15.4. The van der Waals surface area contributed by atoms with Crippen molar-refractivity contribution in [2.45, 2.75) is 39.7 Å². The smallest absolute Gasteiger partial charge is 0.0925 e. The predicted molar refractivity (Wildman–Crippen MR) is 53.2 cm³/mol. The summed E-state index contributed by atoms with van der Waals surface area (Å²) >= 11 is 0. The number of nitrogens with one attached hydrogen (secondary N) is 1. The van der Waals surface area contributed by atoms with Crippen molar-refractivity contribution < 1.29 is 5.11 Å². The lowest BCUT2D eigenvalue weighted by atomic mass is 10.0. The summed E-state index contributed by atoms with van der Waals surface area (Å²) in [6.07, 6.45) is 2.99. The van der Waals surface area contributed by atoms with Gasteiger partial charge in [-0.15, -0.1) is 0 Å². The molecule has 0 aliphatic rings. The molecule has 2 heteroatoms. The molecule has 0 aromatic heterocycles. The van der Waals surface area contributed by atoms with Crippen LogP contribution >= 0.6 is 0 Å². The average Bonchev–Trinajstić information content (AvgIpc) is 1.84. The van der Waals surface area contributed by atoms with Gasteiger partial charge in [-0.2, -0.15) is 0 Å². The van der Waals surface area contributed by atoms with Crippen LogP contribution in [0, 0.1) is 0 Å². The molecule has 0 fully saturated rings. The molecule has 0 saturated carbocycles. The largest absolute Gasteiger partial charge is 0.385 e. The fourth-order valence-electron chi connectivity index (χ4n) is 1.19. The molecule has 2 N–H and O–H groups in total. The van der Waals surface area contributed by atoms with Gasteiger partial charge in [0.05, 0.1) is 5.60 Å². The molecule has 0 aliphatic heterocycles. The van der Waals surface area contributed by atoms with Crippen molar-refractivity contribution in [1.82, 2.24) is 5.32 Å². The molecule has 0 saturated heterocycles. The van der Waals surface area contributed by atoms with Gasteiger partial charge in [-0.3, -0.25) is 0 Å². The highest BCUT2D eigenvalue weighted by molar-refractivity contribution is 5.05. The Morgan fingerprint density at radius 2 is 2.08 bits per heavy atom. The minimum absolute atomic E-state index is 0.631. The molecule has 1 atom stereocenters. The summed E-state index contributed by atoms with van der Waals surface area (Å²) in [5.41, 5.74) is 0.451. The summed E-state index contributed by atoms with van der Waals surface area (Å²) in [5.74, 6) is 0. The molecule has 0 aliphatic carbocycles. The van der Waals surface area contributed by atoms with Gasteiger partial charge in [0.2, 0.25) is 0 Å². The van der Waals surface area contributed by atoms with E-state index in [9.17, 15) is 5.11 Å². The van der Waals surface area contributed by atoms with Crippen LogP contribution in [0.15, 0.2) is 11.6 Å². The lowest BCUT2D eigenvalue weighted by Crippen LogP contribution is -2.36. The molecule has 1 unspecified atom stereocenters. The summed E-state index contributed by atoms with van der Waals surface area (Å²) < 4.78 is 0. The van der Waals surface area contributed by atoms with Crippen molar-refractivity contribution in [3.8, 4) is 0 Å². The molecular weight excluding hydrogens is 150 g/mol. The maximum Gasteiger partial charge on any atom is 0.0925 e. The standard InChI is InChI=1S/C10H21NO/c1-5-6-11-8-10(4,12)7-9(2)3/h7,11-12H,5-6,8H2,1-4H3. The summed E-state index contributed by atoms with van der Waals surface area (Å²) in [4.78, 5) is 0. The van der Waals surface area contributed by atoms with Crippen LogP contribution in [0.3, 0.4) is 0 Å². The molecule has 0 heterocycles. The first-order chi connectivity index (χ1) is 5.48. The Balaban J connectivity index is 3.79. The van der Waals surface area contributed by atoms with Crippen molar-refractivity contribution in [2.24, 2.45) is 0 Å². The summed E-state index contributed by atoms with van der Waals surface area (Å²) in [6.45, 7) is 9.52. The molecule has 12 heavy (non-hydrogen) atoms. The Morgan fingerprint density at radius 1 is 1.50 bits per heavy atom. The lowest BCUT2D eigenvalue weighted by Gasteiger charge is -2.20. The van der Waals surface area contributed by atoms with E-state index in [2.05, 4.69) is 12.2 Å². The molecule has 0 radical (unpaired) electrons. The molecule has 0 amide bonds. The van der Waals surface area contributed by atoms with E-state index in [1.807, 2.05) is 26.8 Å². The molecule has 2 nitrogen and oxygen atoms in total. The molecule has 72 valence electrons. The van der Waals surface area contributed by atoms with Gasteiger partial charge in [0, 0.05) is 6.54 Å². The van der Waals surface area contributed by atoms with E-state index in [0.29, 0.717) is 6.54 Å². The minimum Gasteiger partial charge on any atom is -0.385 e. The first-order valence-corrected chi connectivity index (χ1v) is 4.57. The third-order valence-corrected chi connectivity index (χ3v) is 1.51. The highest BCUT2D eigenvalue weighted by Gasteiger charge is 2.15. The van der Waals surface area contributed by atoms with Gasteiger partial charge in [-0.25, -0.2) is 0 Å². The van der Waals surface area contributed by atoms with Gasteiger partial charge in [-0.1, -0.05) is 18.6 Å². The highest BCUT2D eigenvalue weighted by atomic mass is 16.3. The zero-order valence-corrected chi connectivity index (χ0v) is 8.65. The summed E-state index contributed by atoms with van der Waals surface area (Å²) in [5, 5.41) is 13.0. The lowest BCUT2D eigenvalue weighted by molar-refractivity contribution is 0.110. The first-order valence-electron chi connectivity index (χ1n) is 4.57. The van der Waals surface area contributed by atoms with Crippen molar-refractivity contribution in [1.29, 1.82) is 0 Å². The zero-order chi connectivity index (χ0) is 9.61. The maximum absolute atomic E-state index is 9.77. The van der Waals surface area contributed by atoms with Crippen LogP contribution in [0.5, 0.6) is 0 Å². The Kier molecular flexibility index (Phi) is 5.18. The van der Waals surface area contributed by atoms with E-state index in [4.69, 9.17) is 0 Å². The molecule has 0 aromatic carbocycles. The van der Waals surface area contributed by atoms with Gasteiger partial charge in [0.15, 0.2) is 0 Å². The predicted octanol–water partition coefficient (Wildman–Crippen LogP) is 1.70. The molecule has 0 spiro atoms. The Morgan fingerprint density at radius 3 is 2.50 bits per heavy atom. The number of rotatable bonds is 5. The number of allylic oxidation sites excluding steroid dienone is 1. The Hall–Kier alpha value is -0.340. The maximum atomic E-state index is 9.77. The molecule has 0 bridgehead atoms. The van der Waals surface area contributed by atoms with Crippen LogP contribution in [0.4, 0.5) is 0 Å². The van der Waals surface area contributed by atoms with E-state index < -0.39 is 5.60 Å². The van der Waals surface area contributed by atoms with E-state index >= 15 is 0 Å². The topological polar surface area (TPSA) is 32.3 Å².